The Bertz CT molecular complexity index is 1500. The molecule has 7 nitrogen and oxygen atoms in total. The van der Waals surface area contributed by atoms with Crippen molar-refractivity contribution in [3.63, 3.8) is 0 Å². The Morgan fingerprint density at radius 2 is 2.03 bits per heavy atom. The molecule has 0 fully saturated rings. The second kappa shape index (κ2) is 7.05. The molecule has 10 heteroatoms. The fourth-order valence-corrected chi connectivity index (χ4v) is 6.33. The lowest BCUT2D eigenvalue weighted by Gasteiger charge is -2.32. The van der Waals surface area contributed by atoms with Gasteiger partial charge >= 0.3 is 0 Å². The van der Waals surface area contributed by atoms with Crippen LogP contribution in [0.1, 0.15) is 40.9 Å². The van der Waals surface area contributed by atoms with E-state index >= 15 is 0 Å². The van der Waals surface area contributed by atoms with Crippen molar-refractivity contribution in [2.24, 2.45) is 0 Å². The molecule has 0 bridgehead atoms. The molecule has 1 aliphatic carbocycles. The molecule has 0 saturated heterocycles. The molecule has 7 rings (SSSR count). The number of hydrogen-bond donors (Lipinski definition) is 1. The molecular weight excluding hydrogens is 444 g/mol. The number of aromatic nitrogens is 6. The third-order valence-electron chi connectivity index (χ3n) is 6.67. The highest BCUT2D eigenvalue weighted by atomic mass is 32.1. The number of halogens is 2. The van der Waals surface area contributed by atoms with E-state index in [1.54, 1.807) is 28.4 Å². The predicted octanol–water partition coefficient (Wildman–Crippen LogP) is 5.05. The Hall–Kier alpha value is -3.40. The van der Waals surface area contributed by atoms with Crippen molar-refractivity contribution < 1.29 is 8.78 Å². The summed E-state index contributed by atoms with van der Waals surface area (Å²) < 4.78 is 31.1. The summed E-state index contributed by atoms with van der Waals surface area (Å²) in [6.07, 6.45) is 4.24. The molecule has 166 valence electrons. The van der Waals surface area contributed by atoms with E-state index in [1.165, 1.54) is 15.1 Å². The van der Waals surface area contributed by atoms with E-state index in [-0.39, 0.29) is 12.5 Å². The van der Waals surface area contributed by atoms with Crippen molar-refractivity contribution >= 4 is 33.0 Å². The van der Waals surface area contributed by atoms with E-state index in [1.807, 2.05) is 30.3 Å². The summed E-state index contributed by atoms with van der Waals surface area (Å²) in [5, 5.41) is 13.5. The van der Waals surface area contributed by atoms with Crippen LogP contribution < -0.4 is 5.32 Å². The van der Waals surface area contributed by atoms with Crippen molar-refractivity contribution in [1.82, 2.24) is 29.4 Å². The summed E-state index contributed by atoms with van der Waals surface area (Å²) in [6.45, 7) is 0. The van der Waals surface area contributed by atoms with Crippen LogP contribution in [0.3, 0.4) is 0 Å². The van der Waals surface area contributed by atoms with E-state index in [0.29, 0.717) is 17.2 Å². The first-order valence-electron chi connectivity index (χ1n) is 11.0. The van der Waals surface area contributed by atoms with E-state index in [4.69, 9.17) is 4.98 Å². The van der Waals surface area contributed by atoms with Gasteiger partial charge in [-0.2, -0.15) is 5.10 Å². The van der Waals surface area contributed by atoms with Gasteiger partial charge in [0.25, 0.3) is 6.43 Å². The standard InChI is InChI=1S/C23H19F2N7S/c24-19(25)16-9-15(12-5-2-1-3-6-12)28-21-14(10-27-32(16)21)20-29-22-18-13-7-4-8-17(13)33-23(18)26-11-31(22)30-20/h1-3,5-6,10-11,15-16,19,28H,4,7-9H2. The van der Waals surface area contributed by atoms with Crippen LogP contribution in [0.25, 0.3) is 27.3 Å². The molecule has 0 amide bonds. The second-order valence-electron chi connectivity index (χ2n) is 8.58. The maximum atomic E-state index is 14.0. The first-order chi connectivity index (χ1) is 16.2. The van der Waals surface area contributed by atoms with Gasteiger partial charge in [-0.05, 0) is 36.8 Å². The normalized spacial score (nSPS) is 19.8. The van der Waals surface area contributed by atoms with Gasteiger partial charge in [0.05, 0.1) is 23.2 Å². The minimum absolute atomic E-state index is 0.250. The van der Waals surface area contributed by atoms with Gasteiger partial charge in [-0.1, -0.05) is 30.3 Å². The molecule has 5 aromatic rings. The topological polar surface area (TPSA) is 72.9 Å². The van der Waals surface area contributed by atoms with Gasteiger partial charge in [0, 0.05) is 4.88 Å². The third-order valence-corrected chi connectivity index (χ3v) is 7.87. The molecule has 0 radical (unpaired) electrons. The number of aryl methyl sites for hydroxylation is 2. The van der Waals surface area contributed by atoms with Crippen LogP contribution in [0.4, 0.5) is 14.6 Å². The van der Waals surface area contributed by atoms with Crippen molar-refractivity contribution in [2.75, 3.05) is 5.32 Å². The lowest BCUT2D eigenvalue weighted by molar-refractivity contribution is 0.0659. The molecule has 2 atom stereocenters. The number of nitrogens with one attached hydrogen (secondary N) is 1. The molecule has 2 unspecified atom stereocenters. The van der Waals surface area contributed by atoms with Gasteiger partial charge in [-0.25, -0.2) is 27.9 Å². The summed E-state index contributed by atoms with van der Waals surface area (Å²) in [5.74, 6) is 0.980. The largest absolute Gasteiger partial charge is 0.363 e. The highest BCUT2D eigenvalue weighted by Gasteiger charge is 2.36. The lowest BCUT2D eigenvalue weighted by Crippen LogP contribution is -2.31. The van der Waals surface area contributed by atoms with Gasteiger partial charge < -0.3 is 5.32 Å². The van der Waals surface area contributed by atoms with Crippen LogP contribution in [-0.4, -0.2) is 35.8 Å². The number of fused-ring (bicyclic) bond motifs is 6. The minimum Gasteiger partial charge on any atom is -0.363 e. The number of nitrogens with zero attached hydrogens (tertiary/aromatic N) is 6. The van der Waals surface area contributed by atoms with E-state index in [0.717, 1.165) is 40.7 Å². The van der Waals surface area contributed by atoms with Crippen molar-refractivity contribution in [3.8, 4) is 11.4 Å². The zero-order valence-electron chi connectivity index (χ0n) is 17.4. The molecule has 0 saturated carbocycles. The van der Waals surface area contributed by atoms with Gasteiger partial charge in [-0.15, -0.1) is 16.4 Å². The molecule has 5 heterocycles. The number of hydrogen-bond acceptors (Lipinski definition) is 6. The fraction of sp³-hybridized carbons (Fsp3) is 0.304. The van der Waals surface area contributed by atoms with E-state index in [9.17, 15) is 8.78 Å². The van der Waals surface area contributed by atoms with Crippen LogP contribution in [0.2, 0.25) is 0 Å². The second-order valence-corrected chi connectivity index (χ2v) is 9.67. The van der Waals surface area contributed by atoms with Crippen molar-refractivity contribution in [2.45, 2.75) is 44.2 Å². The van der Waals surface area contributed by atoms with Crippen LogP contribution in [0.5, 0.6) is 0 Å². The molecule has 1 aromatic carbocycles. The van der Waals surface area contributed by atoms with Crippen LogP contribution in [0, 0.1) is 0 Å². The number of rotatable bonds is 3. The van der Waals surface area contributed by atoms with Gasteiger partial charge in [-0.3, -0.25) is 0 Å². The summed E-state index contributed by atoms with van der Waals surface area (Å²) in [4.78, 5) is 11.8. The number of anilines is 1. The minimum atomic E-state index is -2.53. The smallest absolute Gasteiger partial charge is 0.260 e. The number of alkyl halides is 2. The molecule has 0 spiro atoms. The predicted molar refractivity (Wildman–Crippen MR) is 122 cm³/mol. The maximum Gasteiger partial charge on any atom is 0.260 e. The summed E-state index contributed by atoms with van der Waals surface area (Å²) in [5.41, 5.74) is 3.66. The average Bonchev–Trinajstić information content (AvgIpc) is 3.59. The SMILES string of the molecule is FC(F)C1CC(c2ccccc2)Nc2c(-c3nc4c5c6c(sc5ncn4n3)CCC6)cnn21. The van der Waals surface area contributed by atoms with Crippen molar-refractivity contribution in [3.05, 3.63) is 58.9 Å². The first-order valence-corrected chi connectivity index (χ1v) is 11.8. The van der Waals surface area contributed by atoms with Crippen molar-refractivity contribution in [1.29, 1.82) is 0 Å². The van der Waals surface area contributed by atoms with Crippen LogP contribution in [-0.2, 0) is 12.8 Å². The zero-order chi connectivity index (χ0) is 22.1. The highest BCUT2D eigenvalue weighted by Crippen LogP contribution is 2.42. The molecule has 33 heavy (non-hydrogen) atoms. The Morgan fingerprint density at radius 1 is 1.15 bits per heavy atom. The van der Waals surface area contributed by atoms with E-state index < -0.39 is 12.5 Å². The lowest BCUT2D eigenvalue weighted by atomic mass is 9.97. The summed E-state index contributed by atoms with van der Waals surface area (Å²) in [6, 6.07) is 8.39. The Balaban J connectivity index is 1.37. The van der Waals surface area contributed by atoms with Crippen LogP contribution >= 0.6 is 11.3 Å². The molecule has 1 N–H and O–H groups in total. The summed E-state index contributed by atoms with van der Waals surface area (Å²) in [7, 11) is 0. The first kappa shape index (κ1) is 19.1. The number of thiophene rings is 1. The Morgan fingerprint density at radius 3 is 2.88 bits per heavy atom. The van der Waals surface area contributed by atoms with Gasteiger partial charge in [0.2, 0.25) is 0 Å². The quantitative estimate of drug-likeness (QED) is 0.405. The van der Waals surface area contributed by atoms with E-state index in [2.05, 4.69) is 20.5 Å². The Kier molecular flexibility index (Phi) is 4.08. The number of benzene rings is 1. The maximum absolute atomic E-state index is 14.0. The zero-order valence-corrected chi connectivity index (χ0v) is 18.3. The third kappa shape index (κ3) is 2.83. The summed E-state index contributed by atoms with van der Waals surface area (Å²) >= 11 is 1.73. The monoisotopic (exact) mass is 463 g/mol. The van der Waals surface area contributed by atoms with Crippen LogP contribution in [0.15, 0.2) is 42.9 Å². The van der Waals surface area contributed by atoms with Gasteiger partial charge in [0.1, 0.15) is 23.0 Å². The van der Waals surface area contributed by atoms with Gasteiger partial charge in [0.15, 0.2) is 11.5 Å². The average molecular weight is 464 g/mol. The molecule has 4 aromatic heterocycles. The Labute approximate surface area is 191 Å². The molecule has 1 aliphatic heterocycles. The fourth-order valence-electron chi connectivity index (χ4n) is 5.11. The molecular formula is C23H19F2N7S. The highest BCUT2D eigenvalue weighted by molar-refractivity contribution is 7.19. The molecule has 2 aliphatic rings.